The summed E-state index contributed by atoms with van der Waals surface area (Å²) in [4.78, 5) is 14.5. The van der Waals surface area contributed by atoms with Gasteiger partial charge in [-0.15, -0.1) is 0 Å². The Morgan fingerprint density at radius 1 is 1.15 bits per heavy atom. The monoisotopic (exact) mass is 369 g/mol. The number of nitrogens with zero attached hydrogens (tertiary/aromatic N) is 2. The fraction of sp³-hybridized carbons (Fsp3) is 0.286. The van der Waals surface area contributed by atoms with E-state index in [9.17, 15) is 4.79 Å². The SMILES string of the molecule is CN(C)C(CNC(=O)Cc1ccc(Cl)cc1)c1cn(C)c2ccccc12. The predicted molar refractivity (Wildman–Crippen MR) is 108 cm³/mol. The van der Waals surface area contributed by atoms with Gasteiger partial charge in [0.15, 0.2) is 0 Å². The van der Waals surface area contributed by atoms with Crippen molar-refractivity contribution >= 4 is 28.4 Å². The number of aryl methyl sites for hydroxylation is 1. The topological polar surface area (TPSA) is 37.3 Å². The van der Waals surface area contributed by atoms with Gasteiger partial charge in [0.05, 0.1) is 12.5 Å². The molecule has 1 N–H and O–H groups in total. The molecule has 4 nitrogen and oxygen atoms in total. The standard InChI is InChI=1S/C21H24ClN3O/c1-24(2)20(18-14-25(3)19-7-5-4-6-17(18)19)13-23-21(26)12-15-8-10-16(22)11-9-15/h4-11,14,20H,12-13H2,1-3H3,(H,23,26). The van der Waals surface area contributed by atoms with E-state index in [0.29, 0.717) is 18.0 Å². The van der Waals surface area contributed by atoms with Gasteiger partial charge in [-0.2, -0.15) is 0 Å². The lowest BCUT2D eigenvalue weighted by Gasteiger charge is -2.24. The summed E-state index contributed by atoms with van der Waals surface area (Å²) >= 11 is 5.90. The maximum Gasteiger partial charge on any atom is 0.224 e. The lowest BCUT2D eigenvalue weighted by molar-refractivity contribution is -0.120. The van der Waals surface area contributed by atoms with Gasteiger partial charge in [-0.3, -0.25) is 4.79 Å². The van der Waals surface area contributed by atoms with Crippen molar-refractivity contribution in [3.63, 3.8) is 0 Å². The molecule has 0 fully saturated rings. The molecule has 0 saturated heterocycles. The average Bonchev–Trinajstić information content (AvgIpc) is 2.94. The summed E-state index contributed by atoms with van der Waals surface area (Å²) in [6.07, 6.45) is 2.51. The van der Waals surface area contributed by atoms with Crippen LogP contribution in [0.2, 0.25) is 5.02 Å². The highest BCUT2D eigenvalue weighted by atomic mass is 35.5. The van der Waals surface area contributed by atoms with E-state index in [1.165, 1.54) is 16.5 Å². The van der Waals surface area contributed by atoms with Crippen LogP contribution < -0.4 is 5.32 Å². The Kier molecular flexibility index (Phi) is 5.64. The number of nitrogens with one attached hydrogen (secondary N) is 1. The van der Waals surface area contributed by atoms with Crippen LogP contribution in [-0.4, -0.2) is 36.0 Å². The molecule has 0 aliphatic rings. The third-order valence-corrected chi connectivity index (χ3v) is 4.93. The summed E-state index contributed by atoms with van der Waals surface area (Å²) < 4.78 is 2.14. The molecular weight excluding hydrogens is 346 g/mol. The first-order chi connectivity index (χ1) is 12.5. The van der Waals surface area contributed by atoms with Crippen molar-refractivity contribution < 1.29 is 4.79 Å². The number of para-hydroxylation sites is 1. The molecule has 26 heavy (non-hydrogen) atoms. The summed E-state index contributed by atoms with van der Waals surface area (Å²) in [5.74, 6) is 0.0133. The van der Waals surface area contributed by atoms with Crippen LogP contribution >= 0.6 is 11.6 Å². The van der Waals surface area contributed by atoms with Gasteiger partial charge < -0.3 is 14.8 Å². The Labute approximate surface area is 159 Å². The number of carbonyl (C=O) groups is 1. The molecule has 1 amide bonds. The first kappa shape index (κ1) is 18.5. The van der Waals surface area contributed by atoms with Crippen molar-refractivity contribution in [2.45, 2.75) is 12.5 Å². The molecule has 5 heteroatoms. The quantitative estimate of drug-likeness (QED) is 0.717. The lowest BCUT2D eigenvalue weighted by atomic mass is 10.0. The zero-order valence-corrected chi connectivity index (χ0v) is 16.1. The third-order valence-electron chi connectivity index (χ3n) is 4.68. The van der Waals surface area contributed by atoms with Crippen LogP contribution in [-0.2, 0) is 18.3 Å². The van der Waals surface area contributed by atoms with Gasteiger partial charge in [0, 0.05) is 35.7 Å². The van der Waals surface area contributed by atoms with Crippen LogP contribution in [0.3, 0.4) is 0 Å². The number of rotatable bonds is 6. The summed E-state index contributed by atoms with van der Waals surface area (Å²) in [5.41, 5.74) is 3.38. The maximum atomic E-state index is 12.4. The zero-order valence-electron chi connectivity index (χ0n) is 15.4. The zero-order chi connectivity index (χ0) is 18.7. The second-order valence-electron chi connectivity index (χ2n) is 6.80. The van der Waals surface area contributed by atoms with Gasteiger partial charge in [0.1, 0.15) is 0 Å². The van der Waals surface area contributed by atoms with Crippen LogP contribution in [0.25, 0.3) is 10.9 Å². The first-order valence-electron chi connectivity index (χ1n) is 8.67. The molecular formula is C21H24ClN3O. The molecule has 3 rings (SSSR count). The molecule has 0 aliphatic carbocycles. The molecule has 0 aliphatic heterocycles. The van der Waals surface area contributed by atoms with E-state index in [1.807, 2.05) is 44.4 Å². The van der Waals surface area contributed by atoms with Crippen LogP contribution in [0.4, 0.5) is 0 Å². The normalized spacial score (nSPS) is 12.5. The number of carbonyl (C=O) groups excluding carboxylic acids is 1. The van der Waals surface area contributed by atoms with E-state index in [0.717, 1.165) is 5.56 Å². The Morgan fingerprint density at radius 2 is 1.85 bits per heavy atom. The van der Waals surface area contributed by atoms with Crippen molar-refractivity contribution in [1.82, 2.24) is 14.8 Å². The highest BCUT2D eigenvalue weighted by molar-refractivity contribution is 6.30. The second kappa shape index (κ2) is 7.94. The number of likely N-dealkylation sites (N-methyl/N-ethyl adjacent to an activating group) is 1. The number of halogens is 1. The fourth-order valence-electron chi connectivity index (χ4n) is 3.27. The van der Waals surface area contributed by atoms with Crippen molar-refractivity contribution in [3.8, 4) is 0 Å². The van der Waals surface area contributed by atoms with E-state index in [1.54, 1.807) is 0 Å². The number of aromatic nitrogens is 1. The summed E-state index contributed by atoms with van der Waals surface area (Å²) in [6.45, 7) is 0.563. The van der Waals surface area contributed by atoms with E-state index in [2.05, 4.69) is 46.2 Å². The molecule has 0 spiro atoms. The lowest BCUT2D eigenvalue weighted by Crippen LogP contribution is -2.35. The molecule has 1 unspecified atom stereocenters. The number of benzene rings is 2. The minimum Gasteiger partial charge on any atom is -0.354 e. The first-order valence-corrected chi connectivity index (χ1v) is 9.05. The molecule has 136 valence electrons. The highest BCUT2D eigenvalue weighted by Crippen LogP contribution is 2.28. The van der Waals surface area contributed by atoms with Gasteiger partial charge in [-0.1, -0.05) is 41.9 Å². The molecule has 3 aromatic rings. The molecule has 1 aromatic heterocycles. The molecule has 1 heterocycles. The Bertz CT molecular complexity index is 899. The van der Waals surface area contributed by atoms with Crippen LogP contribution in [0.15, 0.2) is 54.7 Å². The molecule has 0 saturated carbocycles. The number of hydrogen-bond acceptors (Lipinski definition) is 2. The van der Waals surface area contributed by atoms with Gasteiger partial charge in [-0.25, -0.2) is 0 Å². The Morgan fingerprint density at radius 3 is 2.54 bits per heavy atom. The van der Waals surface area contributed by atoms with Crippen LogP contribution in [0, 0.1) is 0 Å². The second-order valence-corrected chi connectivity index (χ2v) is 7.24. The molecule has 0 radical (unpaired) electrons. The van der Waals surface area contributed by atoms with Gasteiger partial charge in [0.2, 0.25) is 5.91 Å². The van der Waals surface area contributed by atoms with Crippen molar-refractivity contribution in [1.29, 1.82) is 0 Å². The van der Waals surface area contributed by atoms with Gasteiger partial charge in [-0.05, 0) is 43.4 Å². The van der Waals surface area contributed by atoms with Gasteiger partial charge >= 0.3 is 0 Å². The summed E-state index contributed by atoms with van der Waals surface area (Å²) in [5, 5.41) is 4.98. The predicted octanol–water partition coefficient (Wildman–Crippen LogP) is 3.79. The summed E-state index contributed by atoms with van der Waals surface area (Å²) in [7, 11) is 6.13. The largest absolute Gasteiger partial charge is 0.354 e. The van der Waals surface area contributed by atoms with Crippen LogP contribution in [0.5, 0.6) is 0 Å². The maximum absolute atomic E-state index is 12.4. The van der Waals surface area contributed by atoms with Crippen molar-refractivity contribution in [3.05, 3.63) is 70.9 Å². The third kappa shape index (κ3) is 4.09. The number of hydrogen-bond donors (Lipinski definition) is 1. The molecule has 0 bridgehead atoms. The van der Waals surface area contributed by atoms with E-state index < -0.39 is 0 Å². The van der Waals surface area contributed by atoms with Crippen LogP contribution in [0.1, 0.15) is 17.2 Å². The Balaban J connectivity index is 1.72. The fourth-order valence-corrected chi connectivity index (χ4v) is 3.40. The number of amides is 1. The van der Waals surface area contributed by atoms with E-state index in [-0.39, 0.29) is 11.9 Å². The van der Waals surface area contributed by atoms with Crippen molar-refractivity contribution in [2.24, 2.45) is 7.05 Å². The van der Waals surface area contributed by atoms with E-state index >= 15 is 0 Å². The molecule has 2 aromatic carbocycles. The minimum atomic E-state index is 0.0133. The minimum absolute atomic E-state index is 0.0133. The number of fused-ring (bicyclic) bond motifs is 1. The smallest absolute Gasteiger partial charge is 0.224 e. The average molecular weight is 370 g/mol. The van der Waals surface area contributed by atoms with Gasteiger partial charge in [0.25, 0.3) is 0 Å². The molecule has 1 atom stereocenters. The highest BCUT2D eigenvalue weighted by Gasteiger charge is 2.20. The Hall–Kier alpha value is -2.30. The van der Waals surface area contributed by atoms with Crippen molar-refractivity contribution in [2.75, 3.05) is 20.6 Å². The van der Waals surface area contributed by atoms with E-state index in [4.69, 9.17) is 11.6 Å². The summed E-state index contributed by atoms with van der Waals surface area (Å²) in [6, 6.07) is 15.8.